The quantitative estimate of drug-likeness (QED) is 0.510. The summed E-state index contributed by atoms with van der Waals surface area (Å²) in [7, 11) is 0. The molecule has 6 nitrogen and oxygen atoms in total. The maximum absolute atomic E-state index is 12.0. The lowest BCUT2D eigenvalue weighted by Crippen LogP contribution is -2.45. The molecule has 29 heavy (non-hydrogen) atoms. The smallest absolute Gasteiger partial charge is 0.276 e. The molecular formula is C20H21Br2ClN2O4. The van der Waals surface area contributed by atoms with Crippen LogP contribution in [0.4, 0.5) is 0 Å². The lowest BCUT2D eigenvalue weighted by molar-refractivity contribution is -0.131. The van der Waals surface area contributed by atoms with Gasteiger partial charge in [-0.3, -0.25) is 20.4 Å². The second-order valence-electron chi connectivity index (χ2n) is 7.14. The number of ether oxygens (including phenoxy) is 2. The molecule has 2 N–H and O–H groups in total. The first-order chi connectivity index (χ1) is 13.6. The Morgan fingerprint density at radius 2 is 1.38 bits per heavy atom. The maximum Gasteiger partial charge on any atom is 0.276 e. The predicted molar refractivity (Wildman–Crippen MR) is 119 cm³/mol. The summed E-state index contributed by atoms with van der Waals surface area (Å²) in [5.74, 6) is -0.0563. The van der Waals surface area contributed by atoms with Crippen LogP contribution in [0.15, 0.2) is 45.3 Å². The van der Waals surface area contributed by atoms with Crippen LogP contribution in [-0.2, 0) is 15.0 Å². The van der Waals surface area contributed by atoms with Crippen LogP contribution in [0.2, 0.25) is 5.02 Å². The zero-order chi connectivity index (χ0) is 21.6. The standard InChI is InChI=1S/C20H21Br2ClN2O4/c1-20(2,3)14-8-12(21)4-6-16(14)28-10-18(26)24-25-19(27)11-29-17-7-5-13(22)9-15(17)23/h4-9H,10-11H2,1-3H3,(H,24,26)(H,25,27). The first-order valence-electron chi connectivity index (χ1n) is 8.64. The Morgan fingerprint density at radius 1 is 0.897 bits per heavy atom. The summed E-state index contributed by atoms with van der Waals surface area (Å²) in [5.41, 5.74) is 5.36. The minimum atomic E-state index is -0.531. The SMILES string of the molecule is CC(C)(C)c1cc(Br)ccc1OCC(=O)NNC(=O)COc1ccc(Br)cc1Cl. The van der Waals surface area contributed by atoms with Crippen molar-refractivity contribution in [3.63, 3.8) is 0 Å². The number of carbonyl (C=O) groups excluding carboxylic acids is 2. The molecule has 2 amide bonds. The van der Waals surface area contributed by atoms with Crippen LogP contribution in [0.3, 0.4) is 0 Å². The van der Waals surface area contributed by atoms with E-state index in [-0.39, 0.29) is 18.6 Å². The van der Waals surface area contributed by atoms with Crippen molar-refractivity contribution in [2.45, 2.75) is 26.2 Å². The van der Waals surface area contributed by atoms with Crippen LogP contribution in [0, 0.1) is 0 Å². The third kappa shape index (κ3) is 7.53. The van der Waals surface area contributed by atoms with Crippen LogP contribution >= 0.6 is 43.5 Å². The van der Waals surface area contributed by atoms with Crippen LogP contribution in [0.1, 0.15) is 26.3 Å². The lowest BCUT2D eigenvalue weighted by Gasteiger charge is -2.23. The highest BCUT2D eigenvalue weighted by atomic mass is 79.9. The number of amides is 2. The molecule has 156 valence electrons. The number of hydrogen-bond acceptors (Lipinski definition) is 4. The van der Waals surface area contributed by atoms with Gasteiger partial charge >= 0.3 is 0 Å². The molecule has 2 aromatic carbocycles. The van der Waals surface area contributed by atoms with Crippen molar-refractivity contribution in [3.05, 3.63) is 55.9 Å². The van der Waals surface area contributed by atoms with E-state index >= 15 is 0 Å². The summed E-state index contributed by atoms with van der Waals surface area (Å²) in [5, 5.41) is 0.369. The molecule has 0 atom stereocenters. The molecule has 9 heteroatoms. The molecule has 0 radical (unpaired) electrons. The van der Waals surface area contributed by atoms with Crippen LogP contribution in [-0.4, -0.2) is 25.0 Å². The Morgan fingerprint density at radius 3 is 1.90 bits per heavy atom. The first kappa shape index (κ1) is 23.5. The van der Waals surface area contributed by atoms with Crippen molar-refractivity contribution in [1.29, 1.82) is 0 Å². The number of hydrazine groups is 1. The molecule has 0 aliphatic rings. The van der Waals surface area contributed by atoms with E-state index in [1.807, 2.05) is 12.1 Å². The normalized spacial score (nSPS) is 11.0. The van der Waals surface area contributed by atoms with Gasteiger partial charge in [0.25, 0.3) is 11.8 Å². The van der Waals surface area contributed by atoms with E-state index in [4.69, 9.17) is 21.1 Å². The number of benzene rings is 2. The topological polar surface area (TPSA) is 76.7 Å². The zero-order valence-electron chi connectivity index (χ0n) is 16.1. The molecular weight excluding hydrogens is 527 g/mol. The Hall–Kier alpha value is -1.77. The largest absolute Gasteiger partial charge is 0.483 e. The molecule has 0 saturated heterocycles. The predicted octanol–water partition coefficient (Wildman–Crippen LogP) is 4.77. The fourth-order valence-electron chi connectivity index (χ4n) is 2.30. The number of rotatable bonds is 6. The highest BCUT2D eigenvalue weighted by molar-refractivity contribution is 9.10. The number of hydrogen-bond donors (Lipinski definition) is 2. The van der Waals surface area contributed by atoms with Gasteiger partial charge in [0.1, 0.15) is 11.5 Å². The fraction of sp³-hybridized carbons (Fsp3) is 0.300. The minimum absolute atomic E-state index is 0.157. The Balaban J connectivity index is 1.81. The highest BCUT2D eigenvalue weighted by Gasteiger charge is 2.20. The van der Waals surface area contributed by atoms with Crippen molar-refractivity contribution in [2.24, 2.45) is 0 Å². The molecule has 0 aliphatic heterocycles. The molecule has 0 fully saturated rings. The Labute approximate surface area is 191 Å². The van der Waals surface area contributed by atoms with Gasteiger partial charge in [-0.25, -0.2) is 0 Å². The third-order valence-electron chi connectivity index (χ3n) is 3.70. The highest BCUT2D eigenvalue weighted by Crippen LogP contribution is 2.33. The van der Waals surface area contributed by atoms with Gasteiger partial charge in [-0.15, -0.1) is 0 Å². The van der Waals surface area contributed by atoms with Gasteiger partial charge in [-0.05, 0) is 41.8 Å². The summed E-state index contributed by atoms with van der Waals surface area (Å²) < 4.78 is 12.7. The Bertz CT molecular complexity index is 901. The summed E-state index contributed by atoms with van der Waals surface area (Å²) in [4.78, 5) is 23.8. The molecule has 2 rings (SSSR count). The molecule has 0 spiro atoms. The van der Waals surface area contributed by atoms with Crippen LogP contribution in [0.25, 0.3) is 0 Å². The number of nitrogens with one attached hydrogen (secondary N) is 2. The monoisotopic (exact) mass is 546 g/mol. The van der Waals surface area contributed by atoms with E-state index in [0.29, 0.717) is 16.5 Å². The zero-order valence-corrected chi connectivity index (χ0v) is 20.1. The molecule has 0 bridgehead atoms. The van der Waals surface area contributed by atoms with Crippen molar-refractivity contribution < 1.29 is 19.1 Å². The van der Waals surface area contributed by atoms with Gasteiger partial charge in [-0.2, -0.15) is 0 Å². The third-order valence-corrected chi connectivity index (χ3v) is 4.98. The average Bonchev–Trinajstić information content (AvgIpc) is 2.63. The fourth-order valence-corrected chi connectivity index (χ4v) is 3.39. The lowest BCUT2D eigenvalue weighted by atomic mass is 9.86. The van der Waals surface area contributed by atoms with E-state index in [1.165, 1.54) is 0 Å². The molecule has 0 saturated carbocycles. The van der Waals surface area contributed by atoms with Crippen molar-refractivity contribution in [3.8, 4) is 11.5 Å². The van der Waals surface area contributed by atoms with Gasteiger partial charge in [0.05, 0.1) is 5.02 Å². The summed E-state index contributed by atoms with van der Waals surface area (Å²) in [6.07, 6.45) is 0. The number of halogens is 3. The van der Waals surface area contributed by atoms with Gasteiger partial charge in [0.15, 0.2) is 13.2 Å². The van der Waals surface area contributed by atoms with Crippen molar-refractivity contribution in [2.75, 3.05) is 13.2 Å². The van der Waals surface area contributed by atoms with Gasteiger partial charge in [0, 0.05) is 14.5 Å². The molecule has 0 heterocycles. The first-order valence-corrected chi connectivity index (χ1v) is 10.6. The minimum Gasteiger partial charge on any atom is -0.483 e. The molecule has 0 aliphatic carbocycles. The summed E-state index contributed by atoms with van der Waals surface area (Å²) in [6.45, 7) is 5.62. The summed E-state index contributed by atoms with van der Waals surface area (Å²) >= 11 is 12.7. The molecule has 0 aromatic heterocycles. The van der Waals surface area contributed by atoms with Crippen molar-refractivity contribution >= 4 is 55.3 Å². The number of carbonyl (C=O) groups is 2. The van der Waals surface area contributed by atoms with E-state index in [1.54, 1.807) is 24.3 Å². The van der Waals surface area contributed by atoms with Crippen LogP contribution in [0.5, 0.6) is 11.5 Å². The van der Waals surface area contributed by atoms with Crippen molar-refractivity contribution in [1.82, 2.24) is 10.9 Å². The van der Waals surface area contributed by atoms with E-state index in [0.717, 1.165) is 14.5 Å². The molecule has 2 aromatic rings. The van der Waals surface area contributed by atoms with E-state index in [2.05, 4.69) is 63.5 Å². The van der Waals surface area contributed by atoms with E-state index < -0.39 is 11.8 Å². The van der Waals surface area contributed by atoms with Gasteiger partial charge in [-0.1, -0.05) is 64.2 Å². The maximum atomic E-state index is 12.0. The van der Waals surface area contributed by atoms with Crippen LogP contribution < -0.4 is 20.3 Å². The molecule has 0 unspecified atom stereocenters. The van der Waals surface area contributed by atoms with Gasteiger partial charge in [0.2, 0.25) is 0 Å². The van der Waals surface area contributed by atoms with Gasteiger partial charge < -0.3 is 9.47 Å². The second kappa shape index (κ2) is 10.3. The van der Waals surface area contributed by atoms with E-state index in [9.17, 15) is 9.59 Å². The Kier molecular flexibility index (Phi) is 8.36. The average molecular weight is 549 g/mol. The second-order valence-corrected chi connectivity index (χ2v) is 9.38. The summed E-state index contributed by atoms with van der Waals surface area (Å²) in [6, 6.07) is 10.6.